The van der Waals surface area contributed by atoms with Crippen LogP contribution in [0.1, 0.15) is 21.5 Å². The summed E-state index contributed by atoms with van der Waals surface area (Å²) >= 11 is 0. The number of hydrogen-bond acceptors (Lipinski definition) is 5. The van der Waals surface area contributed by atoms with Gasteiger partial charge in [-0.2, -0.15) is 0 Å². The molecule has 124 valence electrons. The van der Waals surface area contributed by atoms with E-state index in [0.717, 1.165) is 17.2 Å². The third-order valence-corrected chi connectivity index (χ3v) is 3.41. The van der Waals surface area contributed by atoms with E-state index in [1.807, 2.05) is 31.2 Å². The lowest BCUT2D eigenvalue weighted by molar-refractivity contribution is -0.385. The van der Waals surface area contributed by atoms with E-state index in [1.54, 1.807) is 0 Å². The summed E-state index contributed by atoms with van der Waals surface area (Å²) in [4.78, 5) is 32.9. The molecule has 2 aromatic rings. The Kier molecular flexibility index (Phi) is 5.62. The standard InChI is InChI=1S/C17H16N2O5/c1-12-4-2-3-5-14(12)9-18-17(21)11-24-16-7-6-13(10-20)8-15(16)19(22)23/h2-8,10H,9,11H2,1H3,(H,18,21). The number of hydrogen-bond donors (Lipinski definition) is 1. The molecule has 0 radical (unpaired) electrons. The molecule has 0 atom stereocenters. The van der Waals surface area contributed by atoms with Crippen molar-refractivity contribution in [3.8, 4) is 5.75 Å². The van der Waals surface area contributed by atoms with E-state index < -0.39 is 10.8 Å². The zero-order valence-electron chi connectivity index (χ0n) is 13.0. The van der Waals surface area contributed by atoms with Crippen LogP contribution in [0.25, 0.3) is 0 Å². The van der Waals surface area contributed by atoms with Gasteiger partial charge in [0.1, 0.15) is 6.29 Å². The Bertz CT molecular complexity index is 773. The number of carbonyl (C=O) groups is 2. The molecule has 0 aliphatic rings. The molecular weight excluding hydrogens is 312 g/mol. The van der Waals surface area contributed by atoms with Crippen LogP contribution in [0.5, 0.6) is 5.75 Å². The molecule has 1 N–H and O–H groups in total. The van der Waals surface area contributed by atoms with Crippen LogP contribution in [0, 0.1) is 17.0 Å². The SMILES string of the molecule is Cc1ccccc1CNC(=O)COc1ccc(C=O)cc1[N+](=O)[O-]. The first-order valence-corrected chi connectivity index (χ1v) is 7.19. The molecule has 2 aromatic carbocycles. The van der Waals surface area contributed by atoms with E-state index in [2.05, 4.69) is 5.32 Å². The lowest BCUT2D eigenvalue weighted by Crippen LogP contribution is -2.28. The van der Waals surface area contributed by atoms with Gasteiger partial charge in [0.05, 0.1) is 4.92 Å². The molecule has 0 heterocycles. The van der Waals surface area contributed by atoms with Gasteiger partial charge in [-0.3, -0.25) is 19.7 Å². The van der Waals surface area contributed by atoms with E-state index >= 15 is 0 Å². The molecule has 2 rings (SSSR count). The number of nitrogens with one attached hydrogen (secondary N) is 1. The Labute approximate surface area is 138 Å². The largest absolute Gasteiger partial charge is 0.477 e. The Morgan fingerprint density at radius 3 is 2.71 bits per heavy atom. The van der Waals surface area contributed by atoms with Gasteiger partial charge in [0.15, 0.2) is 12.4 Å². The van der Waals surface area contributed by atoms with Gasteiger partial charge in [-0.1, -0.05) is 24.3 Å². The van der Waals surface area contributed by atoms with Crippen molar-refractivity contribution in [1.82, 2.24) is 5.32 Å². The predicted molar refractivity (Wildman–Crippen MR) is 87.0 cm³/mol. The summed E-state index contributed by atoms with van der Waals surface area (Å²) in [6, 6.07) is 11.4. The predicted octanol–water partition coefficient (Wildman–Crippen LogP) is 2.41. The second-order valence-corrected chi connectivity index (χ2v) is 5.09. The quantitative estimate of drug-likeness (QED) is 0.478. The van der Waals surface area contributed by atoms with Crippen molar-refractivity contribution in [3.05, 3.63) is 69.3 Å². The molecule has 0 bridgehead atoms. The average Bonchev–Trinajstić information content (AvgIpc) is 2.59. The Morgan fingerprint density at radius 2 is 2.04 bits per heavy atom. The summed E-state index contributed by atoms with van der Waals surface area (Å²) in [7, 11) is 0. The fourth-order valence-electron chi connectivity index (χ4n) is 2.07. The number of nitro benzene ring substituents is 1. The number of amides is 1. The highest BCUT2D eigenvalue weighted by atomic mass is 16.6. The summed E-state index contributed by atoms with van der Waals surface area (Å²) in [5.74, 6) is -0.455. The van der Waals surface area contributed by atoms with Crippen LogP contribution < -0.4 is 10.1 Å². The number of aryl methyl sites for hydroxylation is 1. The third kappa shape index (κ3) is 4.39. The second-order valence-electron chi connectivity index (χ2n) is 5.09. The molecule has 0 saturated carbocycles. The Balaban J connectivity index is 1.95. The first-order valence-electron chi connectivity index (χ1n) is 7.19. The summed E-state index contributed by atoms with van der Waals surface area (Å²) < 4.78 is 5.21. The number of aldehydes is 1. The van der Waals surface area contributed by atoms with Gasteiger partial charge in [0, 0.05) is 18.2 Å². The van der Waals surface area contributed by atoms with E-state index in [-0.39, 0.29) is 23.6 Å². The van der Waals surface area contributed by atoms with E-state index in [9.17, 15) is 19.7 Å². The van der Waals surface area contributed by atoms with Crippen LogP contribution >= 0.6 is 0 Å². The molecule has 0 aliphatic carbocycles. The number of carbonyl (C=O) groups excluding carboxylic acids is 2. The number of benzene rings is 2. The van der Waals surface area contributed by atoms with Gasteiger partial charge in [-0.15, -0.1) is 0 Å². The lowest BCUT2D eigenvalue weighted by atomic mass is 10.1. The molecular formula is C17H16N2O5. The molecule has 0 aromatic heterocycles. The van der Waals surface area contributed by atoms with Crippen molar-refractivity contribution in [2.45, 2.75) is 13.5 Å². The molecule has 7 heteroatoms. The summed E-state index contributed by atoms with van der Waals surface area (Å²) in [6.07, 6.45) is 0.506. The van der Waals surface area contributed by atoms with Crippen molar-refractivity contribution in [3.63, 3.8) is 0 Å². The van der Waals surface area contributed by atoms with Crippen LogP contribution in [-0.2, 0) is 11.3 Å². The van der Waals surface area contributed by atoms with Crippen molar-refractivity contribution >= 4 is 17.9 Å². The van der Waals surface area contributed by atoms with Crippen LogP contribution in [0.2, 0.25) is 0 Å². The number of nitro groups is 1. The molecule has 0 fully saturated rings. The molecule has 0 aliphatic heterocycles. The smallest absolute Gasteiger partial charge is 0.311 e. The molecule has 0 unspecified atom stereocenters. The van der Waals surface area contributed by atoms with E-state index in [0.29, 0.717) is 12.8 Å². The molecule has 7 nitrogen and oxygen atoms in total. The topological polar surface area (TPSA) is 98.5 Å². The highest BCUT2D eigenvalue weighted by Crippen LogP contribution is 2.27. The Hall–Kier alpha value is -3.22. The minimum absolute atomic E-state index is 0.0587. The summed E-state index contributed by atoms with van der Waals surface area (Å²) in [5.41, 5.74) is 1.84. The lowest BCUT2D eigenvalue weighted by Gasteiger charge is -2.09. The second kappa shape index (κ2) is 7.87. The van der Waals surface area contributed by atoms with Crippen molar-refractivity contribution in [2.24, 2.45) is 0 Å². The maximum atomic E-state index is 11.8. The number of rotatable bonds is 7. The zero-order valence-corrected chi connectivity index (χ0v) is 13.0. The van der Waals surface area contributed by atoms with Crippen molar-refractivity contribution in [2.75, 3.05) is 6.61 Å². The summed E-state index contributed by atoms with van der Waals surface area (Å²) in [5, 5.41) is 13.7. The minimum Gasteiger partial charge on any atom is -0.477 e. The fourth-order valence-corrected chi connectivity index (χ4v) is 2.07. The minimum atomic E-state index is -0.659. The summed E-state index contributed by atoms with van der Waals surface area (Å²) in [6.45, 7) is 1.93. The molecule has 0 spiro atoms. The van der Waals surface area contributed by atoms with Gasteiger partial charge in [-0.25, -0.2) is 0 Å². The first kappa shape index (κ1) is 17.1. The Morgan fingerprint density at radius 1 is 1.29 bits per heavy atom. The average molecular weight is 328 g/mol. The maximum Gasteiger partial charge on any atom is 0.311 e. The molecule has 1 amide bonds. The van der Waals surface area contributed by atoms with Gasteiger partial charge in [0.2, 0.25) is 0 Å². The van der Waals surface area contributed by atoms with Crippen LogP contribution in [0.15, 0.2) is 42.5 Å². The van der Waals surface area contributed by atoms with Gasteiger partial charge in [-0.05, 0) is 30.2 Å². The normalized spacial score (nSPS) is 10.0. The fraction of sp³-hybridized carbons (Fsp3) is 0.176. The van der Waals surface area contributed by atoms with E-state index in [4.69, 9.17) is 4.74 Å². The van der Waals surface area contributed by atoms with Gasteiger partial charge < -0.3 is 10.1 Å². The first-order chi connectivity index (χ1) is 11.5. The van der Waals surface area contributed by atoms with Gasteiger partial charge in [0.25, 0.3) is 5.91 Å². The van der Waals surface area contributed by atoms with Crippen LogP contribution in [-0.4, -0.2) is 23.7 Å². The molecule has 24 heavy (non-hydrogen) atoms. The van der Waals surface area contributed by atoms with Crippen LogP contribution in [0.4, 0.5) is 5.69 Å². The number of ether oxygens (including phenoxy) is 1. The zero-order chi connectivity index (χ0) is 17.5. The highest BCUT2D eigenvalue weighted by molar-refractivity contribution is 5.79. The monoisotopic (exact) mass is 328 g/mol. The van der Waals surface area contributed by atoms with Crippen molar-refractivity contribution in [1.29, 1.82) is 0 Å². The van der Waals surface area contributed by atoms with Crippen molar-refractivity contribution < 1.29 is 19.2 Å². The maximum absolute atomic E-state index is 11.8. The van der Waals surface area contributed by atoms with E-state index in [1.165, 1.54) is 12.1 Å². The van der Waals surface area contributed by atoms with Gasteiger partial charge >= 0.3 is 5.69 Å². The highest BCUT2D eigenvalue weighted by Gasteiger charge is 2.17. The third-order valence-electron chi connectivity index (χ3n) is 3.41. The molecule has 0 saturated heterocycles. The number of nitrogens with zero attached hydrogens (tertiary/aromatic N) is 1. The van der Waals surface area contributed by atoms with Crippen LogP contribution in [0.3, 0.4) is 0 Å².